The summed E-state index contributed by atoms with van der Waals surface area (Å²) in [4.78, 5) is 22.5. The number of nitrogens with zero attached hydrogens (tertiary/aromatic N) is 1. The van der Waals surface area contributed by atoms with Crippen molar-refractivity contribution in [1.82, 2.24) is 4.31 Å². The van der Waals surface area contributed by atoms with E-state index in [1.807, 2.05) is 0 Å². The first-order valence-electron chi connectivity index (χ1n) is 11.5. The Balaban J connectivity index is 1.50. The maximum atomic E-state index is 13.4. The Bertz CT molecular complexity index is 1460. The van der Waals surface area contributed by atoms with E-state index in [1.54, 1.807) is 30.3 Å². The van der Waals surface area contributed by atoms with Crippen LogP contribution in [0.15, 0.2) is 83.8 Å². The van der Waals surface area contributed by atoms with E-state index in [9.17, 15) is 35.6 Å². The van der Waals surface area contributed by atoms with Crippen molar-refractivity contribution in [2.45, 2.75) is 29.1 Å². The molecule has 0 amide bonds. The molecule has 1 aliphatic heterocycles. The third kappa shape index (κ3) is 6.27. The fraction of sp³-hybridized carbons (Fsp3) is 0.231. The lowest BCUT2D eigenvalue weighted by molar-refractivity contribution is -0.202. The summed E-state index contributed by atoms with van der Waals surface area (Å²) in [6, 6.07) is 18.0. The summed E-state index contributed by atoms with van der Waals surface area (Å²) >= 11 is 0. The molecule has 1 unspecified atom stereocenters. The van der Waals surface area contributed by atoms with Gasteiger partial charge in [-0.3, -0.25) is 0 Å². The SMILES string of the molecule is NC(Cc1cccc(S(=O)(=O)N2CC(Oc3ccc(F)cc3)(c3ccccc3)C2)c1)C(=O)OC(=O)C(F)(F)F. The highest BCUT2D eigenvalue weighted by Gasteiger charge is 2.52. The van der Waals surface area contributed by atoms with Gasteiger partial charge in [0.05, 0.1) is 18.0 Å². The van der Waals surface area contributed by atoms with Crippen molar-refractivity contribution in [2.24, 2.45) is 5.73 Å². The van der Waals surface area contributed by atoms with Crippen LogP contribution in [0.2, 0.25) is 0 Å². The second kappa shape index (κ2) is 10.8. The Hall–Kier alpha value is -3.81. The van der Waals surface area contributed by atoms with E-state index in [2.05, 4.69) is 4.74 Å². The Morgan fingerprint density at radius 2 is 1.62 bits per heavy atom. The molecule has 2 N–H and O–H groups in total. The van der Waals surface area contributed by atoms with E-state index in [0.29, 0.717) is 11.3 Å². The molecule has 0 aliphatic carbocycles. The lowest BCUT2D eigenvalue weighted by Crippen LogP contribution is -2.64. The molecule has 0 saturated carbocycles. The van der Waals surface area contributed by atoms with Crippen molar-refractivity contribution < 1.29 is 45.0 Å². The first kappa shape index (κ1) is 28.2. The molecular formula is C26H22F4N2O6S. The maximum Gasteiger partial charge on any atom is 0.491 e. The van der Waals surface area contributed by atoms with E-state index in [4.69, 9.17) is 10.5 Å². The number of hydrogen-bond acceptors (Lipinski definition) is 7. The molecule has 4 rings (SSSR count). The van der Waals surface area contributed by atoms with E-state index in [0.717, 1.165) is 0 Å². The summed E-state index contributed by atoms with van der Waals surface area (Å²) < 4.78 is 88.2. The molecule has 0 spiro atoms. The summed E-state index contributed by atoms with van der Waals surface area (Å²) in [5, 5.41) is 0. The number of hydrogen-bond donors (Lipinski definition) is 1. The molecule has 0 radical (unpaired) electrons. The first-order valence-corrected chi connectivity index (χ1v) is 12.9. The first-order chi connectivity index (χ1) is 18.3. The molecule has 1 saturated heterocycles. The van der Waals surface area contributed by atoms with E-state index in [1.165, 1.54) is 52.8 Å². The number of halogens is 4. The standard InChI is InChI=1S/C26H22F4N2O6S/c27-19-9-11-20(12-10-19)38-25(18-6-2-1-3-7-18)15-32(16-25)39(35,36)21-8-4-5-17(13-21)14-22(31)23(33)37-24(34)26(28,29)30/h1-13,22H,14-16,31H2. The highest BCUT2D eigenvalue weighted by atomic mass is 32.2. The van der Waals surface area contributed by atoms with Gasteiger partial charge in [0.2, 0.25) is 10.0 Å². The van der Waals surface area contributed by atoms with Crippen LogP contribution in [0.4, 0.5) is 17.6 Å². The van der Waals surface area contributed by atoms with Gasteiger partial charge in [0.1, 0.15) is 17.6 Å². The average Bonchev–Trinajstić information content (AvgIpc) is 2.87. The Kier molecular flexibility index (Phi) is 7.77. The highest BCUT2D eigenvalue weighted by Crippen LogP contribution is 2.40. The van der Waals surface area contributed by atoms with Gasteiger partial charge in [-0.05, 0) is 53.9 Å². The summed E-state index contributed by atoms with van der Waals surface area (Å²) in [5.41, 5.74) is 5.48. The summed E-state index contributed by atoms with van der Waals surface area (Å²) in [6.07, 6.45) is -5.75. The quantitative estimate of drug-likeness (QED) is 0.253. The molecule has 13 heteroatoms. The molecule has 0 aromatic heterocycles. The van der Waals surface area contributed by atoms with Crippen LogP contribution in [0, 0.1) is 5.82 Å². The van der Waals surface area contributed by atoms with Crippen LogP contribution in [0.1, 0.15) is 11.1 Å². The smallest absolute Gasteiger partial charge is 0.480 e. The van der Waals surface area contributed by atoms with Gasteiger partial charge in [-0.25, -0.2) is 22.4 Å². The predicted octanol–water partition coefficient (Wildman–Crippen LogP) is 3.31. The van der Waals surface area contributed by atoms with Gasteiger partial charge in [-0.2, -0.15) is 17.5 Å². The predicted molar refractivity (Wildman–Crippen MR) is 129 cm³/mol. The number of ether oxygens (including phenoxy) is 2. The molecule has 1 aliphatic rings. The average molecular weight is 567 g/mol. The van der Waals surface area contributed by atoms with Crippen molar-refractivity contribution >= 4 is 22.0 Å². The van der Waals surface area contributed by atoms with E-state index < -0.39 is 45.6 Å². The zero-order valence-corrected chi connectivity index (χ0v) is 20.9. The molecule has 206 valence electrons. The third-order valence-electron chi connectivity index (χ3n) is 6.01. The monoisotopic (exact) mass is 566 g/mol. The number of benzene rings is 3. The summed E-state index contributed by atoms with van der Waals surface area (Å²) in [6.45, 7) is -0.126. The number of alkyl halides is 3. The van der Waals surface area contributed by atoms with Crippen LogP contribution >= 0.6 is 0 Å². The molecule has 1 atom stereocenters. The molecule has 3 aromatic rings. The van der Waals surface area contributed by atoms with Crippen LogP contribution in [-0.2, 0) is 36.4 Å². The zero-order valence-electron chi connectivity index (χ0n) is 20.1. The minimum atomic E-state index is -5.37. The van der Waals surface area contributed by atoms with Gasteiger partial charge >= 0.3 is 18.1 Å². The van der Waals surface area contributed by atoms with E-state index >= 15 is 0 Å². The Morgan fingerprint density at radius 3 is 2.23 bits per heavy atom. The Labute approximate surface area is 221 Å². The third-order valence-corrected chi connectivity index (χ3v) is 7.80. The van der Waals surface area contributed by atoms with Gasteiger partial charge in [-0.15, -0.1) is 0 Å². The minimum Gasteiger partial charge on any atom is -0.480 e. The molecule has 3 aromatic carbocycles. The molecule has 39 heavy (non-hydrogen) atoms. The second-order valence-corrected chi connectivity index (χ2v) is 10.8. The van der Waals surface area contributed by atoms with Crippen molar-refractivity contribution in [2.75, 3.05) is 13.1 Å². The molecule has 1 heterocycles. The van der Waals surface area contributed by atoms with Crippen LogP contribution in [0.5, 0.6) is 5.75 Å². The fourth-order valence-corrected chi connectivity index (χ4v) is 5.62. The van der Waals surface area contributed by atoms with Crippen molar-refractivity contribution in [3.8, 4) is 5.75 Å². The van der Waals surface area contributed by atoms with Gasteiger partial charge in [0.25, 0.3) is 0 Å². The fourth-order valence-electron chi connectivity index (χ4n) is 4.01. The number of nitrogens with two attached hydrogens (primary N) is 1. The minimum absolute atomic E-state index is 0.0632. The van der Waals surface area contributed by atoms with Crippen LogP contribution in [-0.4, -0.2) is 50.0 Å². The van der Waals surface area contributed by atoms with Gasteiger partial charge in [0, 0.05) is 0 Å². The van der Waals surface area contributed by atoms with Gasteiger partial charge in [-0.1, -0.05) is 42.5 Å². The van der Waals surface area contributed by atoms with Crippen LogP contribution < -0.4 is 10.5 Å². The van der Waals surface area contributed by atoms with Crippen LogP contribution in [0.25, 0.3) is 0 Å². The summed E-state index contributed by atoms with van der Waals surface area (Å²) in [7, 11) is -4.06. The van der Waals surface area contributed by atoms with Gasteiger partial charge in [0.15, 0.2) is 5.60 Å². The summed E-state index contributed by atoms with van der Waals surface area (Å²) in [5.74, 6) is -4.39. The number of esters is 2. The molecule has 8 nitrogen and oxygen atoms in total. The van der Waals surface area contributed by atoms with Crippen molar-refractivity contribution in [3.63, 3.8) is 0 Å². The van der Waals surface area contributed by atoms with E-state index in [-0.39, 0.29) is 30.0 Å². The Morgan fingerprint density at radius 1 is 0.974 bits per heavy atom. The lowest BCUT2D eigenvalue weighted by Gasteiger charge is -2.48. The number of rotatable bonds is 8. The maximum absolute atomic E-state index is 13.4. The number of sulfonamides is 1. The second-order valence-electron chi connectivity index (χ2n) is 8.85. The number of carbonyl (C=O) groups is 2. The van der Waals surface area contributed by atoms with Crippen LogP contribution in [0.3, 0.4) is 0 Å². The lowest BCUT2D eigenvalue weighted by atomic mass is 9.87. The normalized spacial score (nSPS) is 16.1. The van der Waals surface area contributed by atoms with Crippen molar-refractivity contribution in [1.29, 1.82) is 0 Å². The molecule has 0 bridgehead atoms. The molecular weight excluding hydrogens is 544 g/mol. The zero-order chi connectivity index (χ0) is 28.4. The number of carbonyl (C=O) groups excluding carboxylic acids is 2. The largest absolute Gasteiger partial charge is 0.491 e. The van der Waals surface area contributed by atoms with Gasteiger partial charge < -0.3 is 15.2 Å². The topological polar surface area (TPSA) is 116 Å². The highest BCUT2D eigenvalue weighted by molar-refractivity contribution is 7.89. The molecule has 1 fully saturated rings. The van der Waals surface area contributed by atoms with Crippen molar-refractivity contribution in [3.05, 3.63) is 95.8 Å².